The summed E-state index contributed by atoms with van der Waals surface area (Å²) in [6, 6.07) is 0. The van der Waals surface area contributed by atoms with E-state index in [1.807, 2.05) is 0 Å². The van der Waals surface area contributed by atoms with E-state index >= 15 is 0 Å². The van der Waals surface area contributed by atoms with Gasteiger partial charge < -0.3 is 9.63 Å². The van der Waals surface area contributed by atoms with Crippen molar-refractivity contribution in [2.45, 2.75) is 70.9 Å². The van der Waals surface area contributed by atoms with Crippen LogP contribution in [0, 0.1) is 0 Å². The third kappa shape index (κ3) is 13.3. The third-order valence-corrected chi connectivity index (χ3v) is 3.74. The van der Waals surface area contributed by atoms with Gasteiger partial charge in [0.05, 0.1) is 6.61 Å². The molecular weight excluding hydrogens is 274 g/mol. The second kappa shape index (κ2) is 14.9. The van der Waals surface area contributed by atoms with E-state index in [0.29, 0.717) is 6.61 Å². The van der Waals surface area contributed by atoms with Gasteiger partial charge in [0.1, 0.15) is 0 Å². The summed E-state index contributed by atoms with van der Waals surface area (Å²) in [5, 5.41) is 0. The monoisotopic (exact) mass is 299 g/mol. The first kappa shape index (κ1) is 21.8. The Hall–Kier alpha value is 0.530. The van der Waals surface area contributed by atoms with Gasteiger partial charge in [0, 0.05) is 29.6 Å². The smallest absolute Gasteiger partial charge is 0.357 e. The number of carbonyl (C=O) groups is 1. The minimum atomic E-state index is -2.71. The van der Waals surface area contributed by atoms with E-state index in [2.05, 4.69) is 6.92 Å². The third-order valence-electron chi connectivity index (χ3n) is 2.90. The largest absolute Gasteiger partial charge is 0.595 e. The predicted octanol–water partition coefficient (Wildman–Crippen LogP) is 2.78. The van der Waals surface area contributed by atoms with Gasteiger partial charge in [0.25, 0.3) is 0 Å². The summed E-state index contributed by atoms with van der Waals surface area (Å²) in [6.07, 6.45) is 9.41. The van der Waals surface area contributed by atoms with Crippen molar-refractivity contribution < 1.29 is 19.0 Å². The fourth-order valence-electron chi connectivity index (χ4n) is 1.62. The molecule has 0 saturated carbocycles. The molecule has 4 nitrogen and oxygen atoms in total. The number of rotatable bonds is 11. The van der Waals surface area contributed by atoms with Crippen LogP contribution in [0.3, 0.4) is 0 Å². The summed E-state index contributed by atoms with van der Waals surface area (Å²) in [6.45, 7) is 3.88. The van der Waals surface area contributed by atoms with Crippen molar-refractivity contribution >= 4 is 43.6 Å². The van der Waals surface area contributed by atoms with Crippen molar-refractivity contribution in [1.29, 1.82) is 0 Å². The van der Waals surface area contributed by atoms with E-state index in [0.717, 1.165) is 19.3 Å². The molecule has 2 unspecified atom stereocenters. The van der Waals surface area contributed by atoms with Crippen LogP contribution in [0.15, 0.2) is 0 Å². The van der Waals surface area contributed by atoms with Gasteiger partial charge in [-0.25, -0.2) is 4.79 Å². The van der Waals surface area contributed by atoms with Gasteiger partial charge in [0.15, 0.2) is 0 Å². The number of hydrogen-bond donors (Lipinski definition) is 0. The molecule has 1 radical (unpaired) electrons. The average molecular weight is 299 g/mol. The number of ether oxygens (including phenoxy) is 1. The van der Waals surface area contributed by atoms with E-state index in [-0.39, 0.29) is 29.6 Å². The van der Waals surface area contributed by atoms with Gasteiger partial charge in [-0.1, -0.05) is 56.4 Å². The summed E-state index contributed by atoms with van der Waals surface area (Å²) in [7, 11) is -2.71. The molecule has 0 bridgehead atoms. The quantitative estimate of drug-likeness (QED) is 0.255. The standard InChI is InChI=1S/C13H25O4P.Na/c1-3-4-5-6-7-8-9-10-11-17-13(14)12(2)18(15)16;/h12H,3-11H2,1-2H3;. The first-order chi connectivity index (χ1) is 8.59. The molecule has 107 valence electrons. The molecule has 0 aromatic rings. The first-order valence-electron chi connectivity index (χ1n) is 6.89. The SMILES string of the molecule is CCCCCCCCCCOC(=O)C(C)[P+](=O)[O-].[Na]. The summed E-state index contributed by atoms with van der Waals surface area (Å²) >= 11 is 0. The molecule has 0 N–H and O–H groups in total. The molecule has 0 rings (SSSR count). The molecule has 0 saturated heterocycles. The van der Waals surface area contributed by atoms with Crippen LogP contribution in [0.5, 0.6) is 0 Å². The number of carbonyl (C=O) groups excluding carboxylic acids is 1. The van der Waals surface area contributed by atoms with E-state index in [4.69, 9.17) is 4.74 Å². The van der Waals surface area contributed by atoms with Crippen LogP contribution in [0.2, 0.25) is 0 Å². The summed E-state index contributed by atoms with van der Waals surface area (Å²) in [5.41, 5.74) is -1.02. The molecule has 0 aromatic heterocycles. The number of unbranched alkanes of at least 4 members (excludes halogenated alkanes) is 7. The van der Waals surface area contributed by atoms with E-state index in [9.17, 15) is 14.3 Å². The summed E-state index contributed by atoms with van der Waals surface area (Å²) < 4.78 is 15.4. The van der Waals surface area contributed by atoms with Gasteiger partial charge in [-0.05, 0) is 13.3 Å². The number of hydrogen-bond acceptors (Lipinski definition) is 4. The molecule has 0 aliphatic carbocycles. The number of esters is 1. The molecular formula is C13H25NaO4P. The van der Waals surface area contributed by atoms with Gasteiger partial charge in [-0.15, -0.1) is 0 Å². The second-order valence-corrected chi connectivity index (χ2v) is 5.95. The molecule has 2 atom stereocenters. The van der Waals surface area contributed by atoms with Crippen molar-refractivity contribution in [3.63, 3.8) is 0 Å². The predicted molar refractivity (Wildman–Crippen MR) is 76.4 cm³/mol. The molecule has 0 heterocycles. The van der Waals surface area contributed by atoms with Crippen LogP contribution in [-0.4, -0.2) is 47.8 Å². The molecule has 6 heteroatoms. The van der Waals surface area contributed by atoms with Crippen LogP contribution in [-0.2, 0) is 14.1 Å². The zero-order valence-corrected chi connectivity index (χ0v) is 15.4. The molecule has 0 aliphatic rings. The van der Waals surface area contributed by atoms with Crippen LogP contribution in [0.4, 0.5) is 0 Å². The summed E-state index contributed by atoms with van der Waals surface area (Å²) in [4.78, 5) is 21.7. The Morgan fingerprint density at radius 2 is 1.58 bits per heavy atom. The van der Waals surface area contributed by atoms with E-state index in [1.165, 1.54) is 39.0 Å². The van der Waals surface area contributed by atoms with Crippen LogP contribution < -0.4 is 4.89 Å². The first-order valence-corrected chi connectivity index (χ1v) is 8.14. The second-order valence-electron chi connectivity index (χ2n) is 4.60. The van der Waals surface area contributed by atoms with Gasteiger partial charge in [-0.2, -0.15) is 0 Å². The maximum atomic E-state index is 11.2. The Kier molecular flexibility index (Phi) is 17.1. The average Bonchev–Trinajstić information content (AvgIpc) is 2.35. The minimum absolute atomic E-state index is 0. The molecule has 0 amide bonds. The maximum absolute atomic E-state index is 11.2. The van der Waals surface area contributed by atoms with E-state index < -0.39 is 19.7 Å². The van der Waals surface area contributed by atoms with Crippen molar-refractivity contribution in [3.8, 4) is 0 Å². The van der Waals surface area contributed by atoms with Gasteiger partial charge in [0.2, 0.25) is 5.66 Å². The van der Waals surface area contributed by atoms with E-state index in [1.54, 1.807) is 0 Å². The Morgan fingerprint density at radius 1 is 1.11 bits per heavy atom. The van der Waals surface area contributed by atoms with Gasteiger partial charge >= 0.3 is 14.0 Å². The molecule has 0 aliphatic heterocycles. The fourth-order valence-corrected chi connectivity index (χ4v) is 1.86. The topological polar surface area (TPSA) is 66.4 Å². The van der Waals surface area contributed by atoms with Crippen LogP contribution in [0.25, 0.3) is 0 Å². The Balaban J connectivity index is 0. The van der Waals surface area contributed by atoms with Crippen molar-refractivity contribution in [2.75, 3.05) is 6.61 Å². The van der Waals surface area contributed by atoms with Crippen molar-refractivity contribution in [1.82, 2.24) is 0 Å². The van der Waals surface area contributed by atoms with Crippen LogP contribution in [0.1, 0.15) is 65.2 Å². The molecule has 0 fully saturated rings. The Bertz CT molecular complexity index is 249. The molecule has 0 aromatic carbocycles. The van der Waals surface area contributed by atoms with Crippen molar-refractivity contribution in [3.05, 3.63) is 0 Å². The molecule has 19 heavy (non-hydrogen) atoms. The maximum Gasteiger partial charge on any atom is 0.357 e. The summed E-state index contributed by atoms with van der Waals surface area (Å²) in [5.74, 6) is -0.631. The minimum Gasteiger partial charge on any atom is -0.595 e. The zero-order valence-electron chi connectivity index (χ0n) is 12.5. The zero-order chi connectivity index (χ0) is 13.8. The van der Waals surface area contributed by atoms with Crippen molar-refractivity contribution in [2.24, 2.45) is 0 Å². The Morgan fingerprint density at radius 3 is 2.05 bits per heavy atom. The van der Waals surface area contributed by atoms with Gasteiger partial charge in [-0.3, -0.25) is 0 Å². The normalized spacial score (nSPS) is 12.5. The van der Waals surface area contributed by atoms with Crippen LogP contribution >= 0.6 is 8.03 Å². The molecule has 0 spiro atoms. The Labute approximate surface area is 139 Å². The fraction of sp³-hybridized carbons (Fsp3) is 0.923.